The maximum atomic E-state index is 13.4. The number of benzene rings is 1. The van der Waals surface area contributed by atoms with E-state index in [9.17, 15) is 27.5 Å². The van der Waals surface area contributed by atoms with Crippen LogP contribution in [0.25, 0.3) is 0 Å². The van der Waals surface area contributed by atoms with E-state index in [-0.39, 0.29) is 24.5 Å². The number of nitrogens with zero attached hydrogens (tertiary/aromatic N) is 1. The topological polar surface area (TPSA) is 113 Å². The third kappa shape index (κ3) is 3.43. The van der Waals surface area contributed by atoms with Gasteiger partial charge in [0.15, 0.2) is 0 Å². The number of halogens is 2. The lowest BCUT2D eigenvalue weighted by atomic mass is 10.0. The molecule has 2 aliphatic heterocycles. The lowest BCUT2D eigenvalue weighted by molar-refractivity contribution is -0.745. The van der Waals surface area contributed by atoms with E-state index in [1.54, 1.807) is 0 Å². The number of hydrogen-bond donors (Lipinski definition) is 3. The summed E-state index contributed by atoms with van der Waals surface area (Å²) in [4.78, 5) is 25.7. The molecule has 0 spiro atoms. The summed E-state index contributed by atoms with van der Waals surface area (Å²) in [5, 5.41) is 16.4. The third-order valence-corrected chi connectivity index (χ3v) is 7.52. The number of carbonyl (C=O) groups excluding carboxylic acids is 2. The number of sulfonamides is 1. The van der Waals surface area contributed by atoms with Crippen molar-refractivity contribution in [2.75, 3.05) is 25.9 Å². The van der Waals surface area contributed by atoms with Crippen LogP contribution in [0.4, 0.5) is 4.39 Å². The third-order valence-electron chi connectivity index (χ3n) is 5.47. The van der Waals surface area contributed by atoms with E-state index >= 15 is 0 Å². The van der Waals surface area contributed by atoms with E-state index in [0.29, 0.717) is 25.1 Å². The van der Waals surface area contributed by atoms with Gasteiger partial charge in [0.1, 0.15) is 18.4 Å². The molecular weight excluding hydrogens is 413 g/mol. The number of likely N-dealkylation sites (tertiary alicyclic amines) is 1. The molecule has 2 heterocycles. The van der Waals surface area contributed by atoms with Crippen LogP contribution < -0.4 is 10.6 Å². The van der Waals surface area contributed by atoms with Crippen molar-refractivity contribution in [2.45, 2.75) is 31.0 Å². The number of amides is 2. The van der Waals surface area contributed by atoms with Crippen LogP contribution in [0.3, 0.4) is 0 Å². The molecule has 0 aromatic heterocycles. The minimum Gasteiger partial charge on any atom is -0.368 e. The molecule has 28 heavy (non-hydrogen) atoms. The molecule has 0 aliphatic carbocycles. The van der Waals surface area contributed by atoms with Gasteiger partial charge in [-0.15, -0.1) is 0 Å². The Bertz CT molecular complexity index is 901. The molecule has 3 atom stereocenters. The van der Waals surface area contributed by atoms with Crippen molar-refractivity contribution < 1.29 is 31.4 Å². The van der Waals surface area contributed by atoms with Crippen molar-refractivity contribution in [3.05, 3.63) is 34.6 Å². The van der Waals surface area contributed by atoms with E-state index in [1.165, 1.54) is 6.07 Å². The molecular formula is C17H22ClFN3O5S+. The molecule has 2 fully saturated rings. The zero-order chi connectivity index (χ0) is 20.7. The number of carbonyl (C=O) groups is 2. The van der Waals surface area contributed by atoms with Gasteiger partial charge in [0.2, 0.25) is 0 Å². The normalized spacial score (nSPS) is 30.6. The summed E-state index contributed by atoms with van der Waals surface area (Å²) in [6, 6.07) is 3.14. The number of aliphatic hydroxyl groups is 1. The van der Waals surface area contributed by atoms with Crippen LogP contribution in [0.5, 0.6) is 0 Å². The minimum absolute atomic E-state index is 0.140. The number of rotatable bonds is 5. The molecule has 8 nitrogen and oxygen atoms in total. The Labute approximate surface area is 167 Å². The lowest BCUT2D eigenvalue weighted by Crippen LogP contribution is -2.65. The summed E-state index contributed by atoms with van der Waals surface area (Å²) >= 11 is 5.77. The Morgan fingerprint density at radius 3 is 2.75 bits per heavy atom. The molecule has 11 heteroatoms. The van der Waals surface area contributed by atoms with Gasteiger partial charge in [-0.1, -0.05) is 11.6 Å². The molecule has 0 bridgehead atoms. The van der Waals surface area contributed by atoms with E-state index in [4.69, 9.17) is 11.6 Å². The smallest absolute Gasteiger partial charge is 0.368 e. The molecule has 3 N–H and O–H groups in total. The van der Waals surface area contributed by atoms with Crippen LogP contribution in [-0.4, -0.2) is 66.8 Å². The largest absolute Gasteiger partial charge is 0.371 e. The fraction of sp³-hybridized carbons (Fsp3) is 0.529. The first-order chi connectivity index (χ1) is 13.0. The summed E-state index contributed by atoms with van der Waals surface area (Å²) in [7, 11) is -3.94. The maximum absolute atomic E-state index is 13.4. The average molecular weight is 435 g/mol. The van der Waals surface area contributed by atoms with E-state index in [2.05, 4.69) is 10.6 Å². The van der Waals surface area contributed by atoms with Crippen molar-refractivity contribution in [3.63, 3.8) is 0 Å². The highest BCUT2D eigenvalue weighted by molar-refractivity contribution is 7.85. The summed E-state index contributed by atoms with van der Waals surface area (Å²) in [5.41, 5.74) is -2.13. The molecule has 154 valence electrons. The van der Waals surface area contributed by atoms with Gasteiger partial charge in [-0.25, -0.2) is 9.18 Å². The second kappa shape index (κ2) is 7.34. The fourth-order valence-electron chi connectivity index (χ4n) is 4.03. The Hall–Kier alpha value is -1.59. The standard InChI is InChI=1S/C17H21ClFN3O5S/c1-28(26,27)22(14-2-4-20-10-14)5-3-17(25,16(22)24)15(23)21-9-11-6-12(18)8-13(19)7-11/h6-8,14,20,25H,2-5,9-10H2,1H3/p+1/t14?,17?,22-/m0/s1. The fourth-order valence-corrected chi connectivity index (χ4v) is 5.87. The number of quaternary nitrogens is 1. The van der Waals surface area contributed by atoms with Crippen molar-refractivity contribution >= 4 is 33.4 Å². The highest BCUT2D eigenvalue weighted by Crippen LogP contribution is 2.38. The first kappa shape index (κ1) is 21.1. The minimum atomic E-state index is -3.94. The molecule has 3 rings (SSSR count). The predicted octanol–water partition coefficient (Wildman–Crippen LogP) is -0.105. The second-order valence-electron chi connectivity index (χ2n) is 7.27. The Morgan fingerprint density at radius 2 is 2.18 bits per heavy atom. The van der Waals surface area contributed by atoms with Crippen molar-refractivity contribution in [1.82, 2.24) is 10.6 Å². The molecule has 1 aromatic carbocycles. The lowest BCUT2D eigenvalue weighted by Gasteiger charge is -2.34. The number of nitrogens with one attached hydrogen (secondary N) is 2. The van der Waals surface area contributed by atoms with Crippen LogP contribution >= 0.6 is 11.6 Å². The van der Waals surface area contributed by atoms with E-state index < -0.39 is 43.2 Å². The zero-order valence-corrected chi connectivity index (χ0v) is 16.8. The van der Waals surface area contributed by atoms with Gasteiger partial charge in [0.25, 0.3) is 11.5 Å². The Kier molecular flexibility index (Phi) is 5.54. The summed E-state index contributed by atoms with van der Waals surface area (Å²) in [5.74, 6) is -2.64. The Balaban J connectivity index is 1.83. The van der Waals surface area contributed by atoms with Crippen LogP contribution in [0.1, 0.15) is 18.4 Å². The van der Waals surface area contributed by atoms with Crippen molar-refractivity contribution in [2.24, 2.45) is 0 Å². The molecule has 2 amide bonds. The van der Waals surface area contributed by atoms with Crippen LogP contribution in [0.15, 0.2) is 18.2 Å². The van der Waals surface area contributed by atoms with Crippen molar-refractivity contribution in [3.8, 4) is 0 Å². The van der Waals surface area contributed by atoms with Gasteiger partial charge in [-0.3, -0.25) is 4.79 Å². The second-order valence-corrected chi connectivity index (χ2v) is 9.83. The van der Waals surface area contributed by atoms with E-state index in [1.807, 2.05) is 0 Å². The molecule has 0 saturated carbocycles. The highest BCUT2D eigenvalue weighted by Gasteiger charge is 2.69. The molecule has 2 saturated heterocycles. The average Bonchev–Trinajstić information content (AvgIpc) is 3.20. The van der Waals surface area contributed by atoms with Crippen LogP contribution in [-0.2, 0) is 26.2 Å². The predicted molar refractivity (Wildman–Crippen MR) is 99.1 cm³/mol. The van der Waals surface area contributed by atoms with Crippen LogP contribution in [0, 0.1) is 5.82 Å². The first-order valence-corrected chi connectivity index (χ1v) is 11.0. The molecule has 2 aliphatic rings. The SMILES string of the molecule is CS(=O)(=O)[N@+]1(C2CCNC2)CCC(O)(C(=O)NCc2cc(F)cc(Cl)c2)C1=O. The van der Waals surface area contributed by atoms with Crippen LogP contribution in [0.2, 0.25) is 5.02 Å². The molecule has 1 aromatic rings. The zero-order valence-electron chi connectivity index (χ0n) is 15.2. The Morgan fingerprint density at radius 1 is 1.46 bits per heavy atom. The van der Waals surface area contributed by atoms with Gasteiger partial charge in [-0.2, -0.15) is 12.3 Å². The van der Waals surface area contributed by atoms with Gasteiger partial charge in [0, 0.05) is 37.5 Å². The van der Waals surface area contributed by atoms with Crippen molar-refractivity contribution in [1.29, 1.82) is 0 Å². The number of hydrogen-bond acceptors (Lipinski definition) is 6. The van der Waals surface area contributed by atoms with Gasteiger partial charge in [-0.05, 0) is 23.8 Å². The summed E-state index contributed by atoms with van der Waals surface area (Å²) < 4.78 is 37.6. The summed E-state index contributed by atoms with van der Waals surface area (Å²) in [6.07, 6.45) is 1.07. The molecule has 2 unspecified atom stereocenters. The highest BCUT2D eigenvalue weighted by atomic mass is 35.5. The van der Waals surface area contributed by atoms with Gasteiger partial charge < -0.3 is 15.7 Å². The monoisotopic (exact) mass is 434 g/mol. The van der Waals surface area contributed by atoms with E-state index in [0.717, 1.165) is 18.4 Å². The van der Waals surface area contributed by atoms with Gasteiger partial charge >= 0.3 is 15.9 Å². The molecule has 0 radical (unpaired) electrons. The first-order valence-electron chi connectivity index (χ1n) is 8.80. The quantitative estimate of drug-likeness (QED) is 0.440. The maximum Gasteiger partial charge on any atom is 0.371 e. The summed E-state index contributed by atoms with van der Waals surface area (Å²) in [6.45, 7) is 0.506. The van der Waals surface area contributed by atoms with Gasteiger partial charge in [0.05, 0.1) is 6.26 Å².